The van der Waals surface area contributed by atoms with Gasteiger partial charge in [0.05, 0.1) is 12.2 Å². The molecule has 0 aliphatic carbocycles. The highest BCUT2D eigenvalue weighted by Gasteiger charge is 2.32. The van der Waals surface area contributed by atoms with Crippen LogP contribution >= 0.6 is 0 Å². The molecule has 0 saturated carbocycles. The summed E-state index contributed by atoms with van der Waals surface area (Å²) in [5, 5.41) is 26.4. The van der Waals surface area contributed by atoms with Crippen LogP contribution in [0.1, 0.15) is 6.42 Å². The van der Waals surface area contributed by atoms with Crippen molar-refractivity contribution in [3.05, 3.63) is 0 Å². The number of carboxylic acid groups (broad SMARTS) is 1. The molecule has 3 N–H and O–H groups in total. The number of aliphatic hydroxyl groups excluding tert-OH is 2. The molecule has 1 aliphatic heterocycles. The molecule has 1 amide bonds. The number of hydrogen-bond donors (Lipinski definition) is 3. The van der Waals surface area contributed by atoms with Gasteiger partial charge in [-0.3, -0.25) is 9.59 Å². The van der Waals surface area contributed by atoms with Crippen molar-refractivity contribution in [1.82, 2.24) is 4.90 Å². The standard InChI is InChI=1S/C7H11NO5/c9-4-2-8(3-5(4)10)6(11)1-7(12)13/h4-5,9-10H,1-3H2,(H,12,13). The summed E-state index contributed by atoms with van der Waals surface area (Å²) in [4.78, 5) is 22.4. The van der Waals surface area contributed by atoms with Crippen molar-refractivity contribution in [2.75, 3.05) is 13.1 Å². The van der Waals surface area contributed by atoms with Gasteiger partial charge in [0.15, 0.2) is 0 Å². The Labute approximate surface area is 74.4 Å². The molecule has 13 heavy (non-hydrogen) atoms. The minimum atomic E-state index is -1.21. The molecule has 0 spiro atoms. The van der Waals surface area contributed by atoms with Crippen LogP contribution in [0.2, 0.25) is 0 Å². The zero-order valence-corrected chi connectivity index (χ0v) is 6.88. The average molecular weight is 189 g/mol. The number of carbonyl (C=O) groups is 2. The van der Waals surface area contributed by atoms with Gasteiger partial charge in [0.1, 0.15) is 6.42 Å². The second-order valence-corrected chi connectivity index (χ2v) is 3.00. The topological polar surface area (TPSA) is 98.1 Å². The number of amides is 1. The fourth-order valence-corrected chi connectivity index (χ4v) is 1.21. The van der Waals surface area contributed by atoms with Crippen LogP contribution in [-0.2, 0) is 9.59 Å². The Kier molecular flexibility index (Phi) is 2.84. The summed E-state index contributed by atoms with van der Waals surface area (Å²) in [5.41, 5.74) is 0. The van der Waals surface area contributed by atoms with Gasteiger partial charge in [-0.1, -0.05) is 0 Å². The molecule has 1 aliphatic rings. The van der Waals surface area contributed by atoms with E-state index >= 15 is 0 Å². The summed E-state index contributed by atoms with van der Waals surface area (Å²) in [5.74, 6) is -1.79. The van der Waals surface area contributed by atoms with Crippen molar-refractivity contribution in [2.45, 2.75) is 18.6 Å². The van der Waals surface area contributed by atoms with Crippen LogP contribution in [-0.4, -0.2) is 57.4 Å². The van der Waals surface area contributed by atoms with E-state index in [9.17, 15) is 9.59 Å². The molecule has 0 radical (unpaired) electrons. The number of hydrogen-bond acceptors (Lipinski definition) is 4. The Balaban J connectivity index is 2.46. The fraction of sp³-hybridized carbons (Fsp3) is 0.714. The lowest BCUT2D eigenvalue weighted by Crippen LogP contribution is -2.31. The quantitative estimate of drug-likeness (QED) is 0.437. The predicted molar refractivity (Wildman–Crippen MR) is 40.8 cm³/mol. The summed E-state index contributed by atoms with van der Waals surface area (Å²) in [6.45, 7) is 0.0144. The Hall–Kier alpha value is -1.14. The highest BCUT2D eigenvalue weighted by Crippen LogP contribution is 2.10. The molecule has 0 bridgehead atoms. The molecule has 2 atom stereocenters. The molecule has 1 saturated heterocycles. The zero-order chi connectivity index (χ0) is 10.0. The number of aliphatic carboxylic acids is 1. The average Bonchev–Trinajstić information content (AvgIpc) is 2.31. The lowest BCUT2D eigenvalue weighted by molar-refractivity contribution is -0.144. The first-order valence-corrected chi connectivity index (χ1v) is 3.86. The molecule has 74 valence electrons. The van der Waals surface area contributed by atoms with E-state index in [1.807, 2.05) is 0 Å². The van der Waals surface area contributed by atoms with Crippen LogP contribution in [0.5, 0.6) is 0 Å². The van der Waals surface area contributed by atoms with Crippen LogP contribution in [0.3, 0.4) is 0 Å². The molecular formula is C7H11NO5. The molecule has 1 fully saturated rings. The Morgan fingerprint density at radius 2 is 1.69 bits per heavy atom. The van der Waals surface area contributed by atoms with Gasteiger partial charge in [0.2, 0.25) is 5.91 Å². The number of nitrogens with zero attached hydrogens (tertiary/aromatic N) is 1. The van der Waals surface area contributed by atoms with Crippen molar-refractivity contribution in [1.29, 1.82) is 0 Å². The lowest BCUT2D eigenvalue weighted by atomic mass is 10.3. The van der Waals surface area contributed by atoms with E-state index in [-0.39, 0.29) is 13.1 Å². The molecule has 1 heterocycles. The molecule has 2 unspecified atom stereocenters. The monoisotopic (exact) mass is 189 g/mol. The van der Waals surface area contributed by atoms with E-state index in [0.717, 1.165) is 4.90 Å². The van der Waals surface area contributed by atoms with Crippen LogP contribution in [0.4, 0.5) is 0 Å². The number of β-amino-alcohol motifs (C(OH)–C–C–N with tert-alkyl or cyclic N) is 2. The molecule has 6 nitrogen and oxygen atoms in total. The number of likely N-dealkylation sites (tertiary alicyclic amines) is 1. The van der Waals surface area contributed by atoms with Crippen LogP contribution in [0.25, 0.3) is 0 Å². The third kappa shape index (κ3) is 2.40. The smallest absolute Gasteiger partial charge is 0.312 e. The van der Waals surface area contributed by atoms with Crippen molar-refractivity contribution in [2.24, 2.45) is 0 Å². The van der Waals surface area contributed by atoms with Gasteiger partial charge in [-0.15, -0.1) is 0 Å². The van der Waals surface area contributed by atoms with Crippen molar-refractivity contribution in [3.8, 4) is 0 Å². The third-order valence-electron chi connectivity index (χ3n) is 1.91. The first-order chi connectivity index (χ1) is 6.00. The van der Waals surface area contributed by atoms with E-state index in [1.165, 1.54) is 0 Å². The number of carbonyl (C=O) groups excluding carboxylic acids is 1. The minimum Gasteiger partial charge on any atom is -0.481 e. The maximum Gasteiger partial charge on any atom is 0.312 e. The van der Waals surface area contributed by atoms with E-state index in [4.69, 9.17) is 15.3 Å². The van der Waals surface area contributed by atoms with Gasteiger partial charge in [-0.25, -0.2) is 0 Å². The lowest BCUT2D eigenvalue weighted by Gasteiger charge is -2.13. The van der Waals surface area contributed by atoms with Gasteiger partial charge in [0.25, 0.3) is 0 Å². The van der Waals surface area contributed by atoms with Crippen molar-refractivity contribution >= 4 is 11.9 Å². The first-order valence-electron chi connectivity index (χ1n) is 3.86. The molecule has 6 heteroatoms. The predicted octanol–water partition coefficient (Wildman–Crippen LogP) is -1.97. The molecule has 0 aromatic carbocycles. The SMILES string of the molecule is O=C(O)CC(=O)N1CC(O)C(O)C1. The van der Waals surface area contributed by atoms with Gasteiger partial charge >= 0.3 is 5.97 Å². The fourth-order valence-electron chi connectivity index (χ4n) is 1.21. The number of rotatable bonds is 2. The third-order valence-corrected chi connectivity index (χ3v) is 1.91. The van der Waals surface area contributed by atoms with Gasteiger partial charge in [-0.05, 0) is 0 Å². The summed E-state index contributed by atoms with van der Waals surface area (Å²) < 4.78 is 0. The highest BCUT2D eigenvalue weighted by atomic mass is 16.4. The van der Waals surface area contributed by atoms with E-state index in [2.05, 4.69) is 0 Å². The van der Waals surface area contributed by atoms with Crippen molar-refractivity contribution < 1.29 is 24.9 Å². The first kappa shape index (κ1) is 9.94. The summed E-state index contributed by atoms with van der Waals surface area (Å²) in [7, 11) is 0. The van der Waals surface area contributed by atoms with Gasteiger partial charge in [-0.2, -0.15) is 0 Å². The molecule has 0 aromatic rings. The van der Waals surface area contributed by atoms with Crippen LogP contribution in [0, 0.1) is 0 Å². The zero-order valence-electron chi connectivity index (χ0n) is 6.88. The summed E-state index contributed by atoms with van der Waals surface area (Å²) in [6.07, 6.45) is -2.52. The molecule has 0 aromatic heterocycles. The maximum atomic E-state index is 11.1. The maximum absolute atomic E-state index is 11.1. The summed E-state index contributed by atoms with van der Waals surface area (Å²) >= 11 is 0. The van der Waals surface area contributed by atoms with Crippen molar-refractivity contribution in [3.63, 3.8) is 0 Å². The van der Waals surface area contributed by atoms with E-state index in [0.29, 0.717) is 0 Å². The van der Waals surface area contributed by atoms with Gasteiger partial charge < -0.3 is 20.2 Å². The van der Waals surface area contributed by atoms with E-state index in [1.54, 1.807) is 0 Å². The van der Waals surface area contributed by atoms with Crippen LogP contribution < -0.4 is 0 Å². The second kappa shape index (κ2) is 3.71. The van der Waals surface area contributed by atoms with Crippen LogP contribution in [0.15, 0.2) is 0 Å². The van der Waals surface area contributed by atoms with E-state index < -0.39 is 30.5 Å². The molecular weight excluding hydrogens is 178 g/mol. The number of aliphatic hydroxyl groups is 2. The summed E-state index contributed by atoms with van der Waals surface area (Å²) in [6, 6.07) is 0. The second-order valence-electron chi connectivity index (χ2n) is 3.00. The molecule has 1 rings (SSSR count). The Bertz CT molecular complexity index is 219. The minimum absolute atomic E-state index is 0.00722. The highest BCUT2D eigenvalue weighted by molar-refractivity contribution is 5.93. The number of carboxylic acids is 1. The largest absolute Gasteiger partial charge is 0.481 e. The Morgan fingerprint density at radius 1 is 1.23 bits per heavy atom. The Morgan fingerprint density at radius 3 is 2.08 bits per heavy atom. The van der Waals surface area contributed by atoms with Gasteiger partial charge in [0, 0.05) is 13.1 Å². The normalized spacial score (nSPS) is 27.7.